The Morgan fingerprint density at radius 2 is 1.85 bits per heavy atom. The molecule has 0 spiro atoms. The number of ether oxygens (including phenoxy) is 3. The highest BCUT2D eigenvalue weighted by Gasteiger charge is 2.14. The van der Waals surface area contributed by atoms with Crippen LogP contribution < -0.4 is 20.4 Å². The van der Waals surface area contributed by atoms with Gasteiger partial charge >= 0.3 is 11.6 Å². The fraction of sp³-hybridized carbons (Fsp3) is 0.320. The summed E-state index contributed by atoms with van der Waals surface area (Å²) in [5, 5.41) is 3.11. The third kappa shape index (κ3) is 6.66. The van der Waals surface area contributed by atoms with E-state index >= 15 is 0 Å². The van der Waals surface area contributed by atoms with Crippen molar-refractivity contribution in [1.29, 1.82) is 0 Å². The smallest absolute Gasteiger partial charge is 0.349 e. The lowest BCUT2D eigenvalue weighted by atomic mass is 10.1. The minimum absolute atomic E-state index is 0.104. The molecule has 0 aliphatic carbocycles. The zero-order chi connectivity index (χ0) is 23.8. The van der Waals surface area contributed by atoms with E-state index in [0.717, 1.165) is 16.9 Å². The van der Waals surface area contributed by atoms with Gasteiger partial charge in [0.2, 0.25) is 0 Å². The number of aryl methyl sites for hydroxylation is 2. The molecule has 0 aliphatic heterocycles. The Bertz CT molecular complexity index is 1200. The summed E-state index contributed by atoms with van der Waals surface area (Å²) < 4.78 is 21.2. The fourth-order valence-corrected chi connectivity index (χ4v) is 3.22. The molecule has 1 N–H and O–H groups in total. The van der Waals surface area contributed by atoms with Crippen molar-refractivity contribution in [2.24, 2.45) is 0 Å². The average Bonchev–Trinajstić information content (AvgIpc) is 2.77. The number of hydrogen-bond acceptors (Lipinski definition) is 7. The summed E-state index contributed by atoms with van der Waals surface area (Å²) in [6, 6.07) is 12.0. The van der Waals surface area contributed by atoms with Gasteiger partial charge in [0, 0.05) is 31.5 Å². The van der Waals surface area contributed by atoms with Gasteiger partial charge in [-0.2, -0.15) is 0 Å². The first-order valence-corrected chi connectivity index (χ1v) is 10.6. The van der Waals surface area contributed by atoms with E-state index in [1.54, 1.807) is 12.1 Å². The molecule has 1 heterocycles. The van der Waals surface area contributed by atoms with Crippen LogP contribution in [-0.4, -0.2) is 38.7 Å². The lowest BCUT2D eigenvalue weighted by Crippen LogP contribution is -2.30. The minimum atomic E-state index is -0.774. The highest BCUT2D eigenvalue weighted by Crippen LogP contribution is 2.22. The Labute approximate surface area is 191 Å². The summed E-state index contributed by atoms with van der Waals surface area (Å²) in [5.74, 6) is 0.0878. The molecule has 3 aromatic rings. The first kappa shape index (κ1) is 24.0. The van der Waals surface area contributed by atoms with Crippen LogP contribution in [0.5, 0.6) is 11.5 Å². The molecule has 0 bridgehead atoms. The van der Waals surface area contributed by atoms with Crippen molar-refractivity contribution in [3.05, 3.63) is 69.6 Å². The van der Waals surface area contributed by atoms with Gasteiger partial charge in [0.15, 0.2) is 0 Å². The number of methoxy groups -OCH3 is 1. The van der Waals surface area contributed by atoms with Crippen LogP contribution in [0.4, 0.5) is 0 Å². The van der Waals surface area contributed by atoms with Gasteiger partial charge in [0.1, 0.15) is 22.6 Å². The molecule has 174 valence electrons. The molecule has 0 saturated heterocycles. The molecule has 1 aromatic heterocycles. The van der Waals surface area contributed by atoms with E-state index in [0.29, 0.717) is 25.0 Å². The molecular formula is C25H27NO7. The van der Waals surface area contributed by atoms with Gasteiger partial charge < -0.3 is 23.9 Å². The second kappa shape index (κ2) is 11.3. The molecule has 3 rings (SSSR count). The molecule has 0 fully saturated rings. The van der Waals surface area contributed by atoms with E-state index in [2.05, 4.69) is 5.32 Å². The summed E-state index contributed by atoms with van der Waals surface area (Å²) in [7, 11) is 1.51. The van der Waals surface area contributed by atoms with Crippen molar-refractivity contribution in [2.45, 2.75) is 26.7 Å². The van der Waals surface area contributed by atoms with Crippen molar-refractivity contribution >= 4 is 22.8 Å². The van der Waals surface area contributed by atoms with Gasteiger partial charge in [-0.05, 0) is 50.1 Å². The summed E-state index contributed by atoms with van der Waals surface area (Å²) in [6.45, 7) is 4.99. The van der Waals surface area contributed by atoms with Gasteiger partial charge in [-0.15, -0.1) is 0 Å². The maximum absolute atomic E-state index is 12.2. The first-order chi connectivity index (χ1) is 15.9. The average molecular weight is 453 g/mol. The highest BCUT2D eigenvalue weighted by molar-refractivity contribution is 5.96. The molecule has 0 radical (unpaired) electrons. The summed E-state index contributed by atoms with van der Waals surface area (Å²) >= 11 is 0. The number of rotatable bonds is 10. The zero-order valence-corrected chi connectivity index (χ0v) is 18.9. The van der Waals surface area contributed by atoms with E-state index < -0.39 is 17.5 Å². The van der Waals surface area contributed by atoms with E-state index in [4.69, 9.17) is 18.6 Å². The van der Waals surface area contributed by atoms with Crippen LogP contribution >= 0.6 is 0 Å². The quantitative estimate of drug-likeness (QED) is 0.217. The predicted octanol–water partition coefficient (Wildman–Crippen LogP) is 3.55. The maximum atomic E-state index is 12.2. The number of hydrogen-bond donors (Lipinski definition) is 1. The molecular weight excluding hydrogens is 426 g/mol. The molecule has 0 aliphatic rings. The van der Waals surface area contributed by atoms with Crippen LogP contribution in [0, 0.1) is 13.8 Å². The van der Waals surface area contributed by atoms with Gasteiger partial charge in [-0.25, -0.2) is 4.79 Å². The summed E-state index contributed by atoms with van der Waals surface area (Å²) in [6.07, 6.45) is 0.670. The number of amides is 1. The third-order valence-corrected chi connectivity index (χ3v) is 4.89. The van der Waals surface area contributed by atoms with Crippen LogP contribution in [0.15, 0.2) is 51.7 Å². The molecule has 8 nitrogen and oxygen atoms in total. The predicted molar refractivity (Wildman–Crippen MR) is 123 cm³/mol. The van der Waals surface area contributed by atoms with Crippen LogP contribution in [0.1, 0.15) is 34.3 Å². The van der Waals surface area contributed by atoms with E-state index in [1.807, 2.05) is 32.0 Å². The summed E-state index contributed by atoms with van der Waals surface area (Å²) in [5.41, 5.74) is 1.55. The Morgan fingerprint density at radius 3 is 2.61 bits per heavy atom. The standard InChI is InChI=1S/C25H27NO7/c1-16-6-9-21(17(2)13-16)31-11-4-5-23(27)32-19-8-7-18-14-20(24(28)26-10-12-30-3)25(29)33-22(18)15-19/h6-9,13-15H,4-5,10-12H2,1-3H3,(H,26,28). The van der Waals surface area contributed by atoms with Crippen molar-refractivity contribution in [1.82, 2.24) is 5.32 Å². The summed E-state index contributed by atoms with van der Waals surface area (Å²) in [4.78, 5) is 36.5. The van der Waals surface area contributed by atoms with E-state index in [-0.39, 0.29) is 29.9 Å². The lowest BCUT2D eigenvalue weighted by molar-refractivity contribution is -0.134. The van der Waals surface area contributed by atoms with Crippen LogP contribution in [-0.2, 0) is 9.53 Å². The molecule has 2 aromatic carbocycles. The molecule has 0 saturated carbocycles. The van der Waals surface area contributed by atoms with Gasteiger partial charge in [-0.1, -0.05) is 17.7 Å². The number of nitrogens with one attached hydrogen (secondary N) is 1. The monoisotopic (exact) mass is 453 g/mol. The maximum Gasteiger partial charge on any atom is 0.349 e. The Balaban J connectivity index is 1.55. The van der Waals surface area contributed by atoms with Crippen LogP contribution in [0.2, 0.25) is 0 Å². The SMILES string of the molecule is COCCNC(=O)c1cc2ccc(OC(=O)CCCOc3ccc(C)cc3C)cc2oc1=O. The molecule has 1 amide bonds. The third-order valence-electron chi connectivity index (χ3n) is 4.89. The lowest BCUT2D eigenvalue weighted by Gasteiger charge is -2.10. The Kier molecular flexibility index (Phi) is 8.21. The number of benzene rings is 2. The Hall–Kier alpha value is -3.65. The van der Waals surface area contributed by atoms with Crippen molar-refractivity contribution < 1.29 is 28.2 Å². The number of fused-ring (bicyclic) bond motifs is 1. The second-order valence-corrected chi connectivity index (χ2v) is 7.59. The minimum Gasteiger partial charge on any atom is -0.493 e. The highest BCUT2D eigenvalue weighted by atomic mass is 16.5. The largest absolute Gasteiger partial charge is 0.493 e. The van der Waals surface area contributed by atoms with Crippen molar-refractivity contribution in [3.63, 3.8) is 0 Å². The normalized spacial score (nSPS) is 10.8. The molecule has 8 heteroatoms. The topological polar surface area (TPSA) is 104 Å². The van der Waals surface area contributed by atoms with E-state index in [9.17, 15) is 14.4 Å². The first-order valence-electron chi connectivity index (χ1n) is 10.6. The fourth-order valence-electron chi connectivity index (χ4n) is 3.22. The van der Waals surface area contributed by atoms with Crippen molar-refractivity contribution in [2.75, 3.05) is 26.9 Å². The molecule has 33 heavy (non-hydrogen) atoms. The zero-order valence-electron chi connectivity index (χ0n) is 18.9. The van der Waals surface area contributed by atoms with E-state index in [1.165, 1.54) is 19.2 Å². The van der Waals surface area contributed by atoms with Gasteiger partial charge in [0.05, 0.1) is 13.2 Å². The Morgan fingerprint density at radius 1 is 1.03 bits per heavy atom. The molecule has 0 atom stereocenters. The molecule has 0 unspecified atom stereocenters. The number of carbonyl (C=O) groups is 2. The van der Waals surface area contributed by atoms with Crippen LogP contribution in [0.3, 0.4) is 0 Å². The van der Waals surface area contributed by atoms with Gasteiger partial charge in [0.25, 0.3) is 5.91 Å². The van der Waals surface area contributed by atoms with Crippen molar-refractivity contribution in [3.8, 4) is 11.5 Å². The van der Waals surface area contributed by atoms with Gasteiger partial charge in [-0.3, -0.25) is 9.59 Å². The second-order valence-electron chi connectivity index (χ2n) is 7.59. The number of carbonyl (C=O) groups excluding carboxylic acids is 2. The van der Waals surface area contributed by atoms with Crippen LogP contribution in [0.25, 0.3) is 11.0 Å². The number of esters is 1.